The number of rotatable bonds is 6. The summed E-state index contributed by atoms with van der Waals surface area (Å²) in [6, 6.07) is 5.62. The minimum Gasteiger partial charge on any atom is -0.495 e. The molecule has 1 atom stereocenters. The zero-order chi connectivity index (χ0) is 17.8. The van der Waals surface area contributed by atoms with Gasteiger partial charge in [0.25, 0.3) is 5.91 Å². The van der Waals surface area contributed by atoms with Gasteiger partial charge in [0, 0.05) is 36.0 Å². The fraction of sp³-hybridized carbons (Fsp3) is 0.412. The van der Waals surface area contributed by atoms with Crippen molar-refractivity contribution in [1.82, 2.24) is 10.3 Å². The van der Waals surface area contributed by atoms with Crippen molar-refractivity contribution in [3.8, 4) is 5.75 Å². The summed E-state index contributed by atoms with van der Waals surface area (Å²) in [6.07, 6.45) is 1.56. The number of carbonyl (C=O) groups is 1. The molecule has 0 saturated carbocycles. The van der Waals surface area contributed by atoms with Gasteiger partial charge in [-0.1, -0.05) is 11.6 Å². The Morgan fingerprint density at radius 3 is 3.16 bits per heavy atom. The second-order valence-electron chi connectivity index (χ2n) is 5.89. The van der Waals surface area contributed by atoms with Crippen molar-refractivity contribution in [2.75, 3.05) is 31.6 Å². The number of hydrogen-bond donors (Lipinski definition) is 2. The summed E-state index contributed by atoms with van der Waals surface area (Å²) in [5.74, 6) is 0.645. The number of nitrogens with zero attached hydrogens (tertiary/aromatic N) is 2. The van der Waals surface area contributed by atoms with Crippen molar-refractivity contribution in [1.29, 1.82) is 0 Å². The van der Waals surface area contributed by atoms with Crippen LogP contribution in [0.3, 0.4) is 0 Å². The lowest BCUT2D eigenvalue weighted by Crippen LogP contribution is -2.37. The number of amides is 1. The molecule has 8 heteroatoms. The van der Waals surface area contributed by atoms with E-state index in [-0.39, 0.29) is 11.9 Å². The predicted molar refractivity (Wildman–Crippen MR) is 101 cm³/mol. The monoisotopic (exact) mass is 380 g/mol. The number of carbonyl (C=O) groups excluding carboxylic acids is 1. The molecule has 1 aliphatic rings. The number of halogens is 1. The summed E-state index contributed by atoms with van der Waals surface area (Å²) in [6.45, 7) is 2.08. The summed E-state index contributed by atoms with van der Waals surface area (Å²) in [4.78, 5) is 18.9. The minimum atomic E-state index is -0.135. The fourth-order valence-corrected chi connectivity index (χ4v) is 3.88. The summed E-state index contributed by atoms with van der Waals surface area (Å²) in [5, 5.41) is 6.40. The molecule has 3 rings (SSSR count). The van der Waals surface area contributed by atoms with Crippen LogP contribution in [-0.4, -0.2) is 43.7 Å². The van der Waals surface area contributed by atoms with Crippen molar-refractivity contribution in [2.45, 2.75) is 18.9 Å². The van der Waals surface area contributed by atoms with Crippen molar-refractivity contribution < 1.29 is 9.53 Å². The SMILES string of the molecule is COc1ccc(Cl)cc1N1CCC(NC(=O)c2csc(CCN)n2)C1. The van der Waals surface area contributed by atoms with Gasteiger partial charge in [0.15, 0.2) is 0 Å². The van der Waals surface area contributed by atoms with Gasteiger partial charge in [0.05, 0.1) is 17.8 Å². The molecule has 0 aliphatic carbocycles. The normalized spacial score (nSPS) is 16.9. The molecule has 1 aromatic heterocycles. The molecule has 2 heterocycles. The maximum atomic E-state index is 12.4. The molecular formula is C17H21ClN4O2S. The van der Waals surface area contributed by atoms with Gasteiger partial charge in [-0.15, -0.1) is 11.3 Å². The Morgan fingerprint density at radius 2 is 2.40 bits per heavy atom. The Morgan fingerprint density at radius 1 is 1.56 bits per heavy atom. The summed E-state index contributed by atoms with van der Waals surface area (Å²) < 4.78 is 5.42. The second-order valence-corrected chi connectivity index (χ2v) is 7.27. The number of nitrogens with two attached hydrogens (primary N) is 1. The van der Waals surface area contributed by atoms with E-state index in [2.05, 4.69) is 15.2 Å². The van der Waals surface area contributed by atoms with Gasteiger partial charge in [-0.2, -0.15) is 0 Å². The van der Waals surface area contributed by atoms with E-state index in [0.29, 0.717) is 30.2 Å². The molecule has 3 N–H and O–H groups in total. The number of ether oxygens (including phenoxy) is 1. The number of benzene rings is 1. The van der Waals surface area contributed by atoms with Crippen LogP contribution in [0.4, 0.5) is 5.69 Å². The van der Waals surface area contributed by atoms with Gasteiger partial charge in [-0.3, -0.25) is 4.79 Å². The fourth-order valence-electron chi connectivity index (χ4n) is 2.92. The molecule has 1 amide bonds. The van der Waals surface area contributed by atoms with Crippen LogP contribution in [0.15, 0.2) is 23.6 Å². The highest BCUT2D eigenvalue weighted by atomic mass is 35.5. The molecular weight excluding hydrogens is 360 g/mol. The number of hydrogen-bond acceptors (Lipinski definition) is 6. The molecule has 0 bridgehead atoms. The van der Waals surface area contributed by atoms with E-state index in [9.17, 15) is 4.79 Å². The molecule has 25 heavy (non-hydrogen) atoms. The lowest BCUT2D eigenvalue weighted by molar-refractivity contribution is 0.0936. The van der Waals surface area contributed by atoms with Gasteiger partial charge < -0.3 is 20.7 Å². The zero-order valence-corrected chi connectivity index (χ0v) is 15.6. The van der Waals surface area contributed by atoms with Crippen LogP contribution < -0.4 is 20.7 Å². The number of nitrogens with one attached hydrogen (secondary N) is 1. The van der Waals surface area contributed by atoms with Crippen LogP contribution in [0.1, 0.15) is 21.9 Å². The Labute approximate surface area is 155 Å². The number of aromatic nitrogens is 1. The van der Waals surface area contributed by atoms with Crippen LogP contribution in [0.25, 0.3) is 0 Å². The van der Waals surface area contributed by atoms with E-state index in [0.717, 1.165) is 29.4 Å². The Kier molecular flexibility index (Phi) is 5.78. The van der Waals surface area contributed by atoms with Crippen LogP contribution in [0.5, 0.6) is 5.75 Å². The van der Waals surface area contributed by atoms with Crippen LogP contribution >= 0.6 is 22.9 Å². The highest BCUT2D eigenvalue weighted by Crippen LogP contribution is 2.33. The average Bonchev–Trinajstić information content (AvgIpc) is 3.25. The molecule has 134 valence electrons. The van der Waals surface area contributed by atoms with E-state index in [1.54, 1.807) is 18.6 Å². The van der Waals surface area contributed by atoms with Gasteiger partial charge >= 0.3 is 0 Å². The molecule has 0 radical (unpaired) electrons. The maximum absolute atomic E-state index is 12.4. The molecule has 2 aromatic rings. The molecule has 1 aromatic carbocycles. The van der Waals surface area contributed by atoms with Gasteiger partial charge in [-0.05, 0) is 31.2 Å². The number of anilines is 1. The topological polar surface area (TPSA) is 80.5 Å². The number of methoxy groups -OCH3 is 1. The van der Waals surface area contributed by atoms with Crippen LogP contribution in [-0.2, 0) is 6.42 Å². The van der Waals surface area contributed by atoms with Crippen LogP contribution in [0.2, 0.25) is 5.02 Å². The summed E-state index contributed by atoms with van der Waals surface area (Å²) >= 11 is 7.58. The van der Waals surface area contributed by atoms with Gasteiger partial charge in [0.2, 0.25) is 0 Å². The summed E-state index contributed by atoms with van der Waals surface area (Å²) in [5.41, 5.74) is 6.94. The van der Waals surface area contributed by atoms with Crippen molar-refractivity contribution in [3.63, 3.8) is 0 Å². The highest BCUT2D eigenvalue weighted by molar-refractivity contribution is 7.09. The first-order chi connectivity index (χ1) is 12.1. The van der Waals surface area contributed by atoms with E-state index >= 15 is 0 Å². The standard InChI is InChI=1S/C17H21ClN4O2S/c1-24-15-3-2-11(18)8-14(15)22-7-5-12(9-22)20-17(23)13-10-25-16(21-13)4-6-19/h2-3,8,10,12H,4-7,9,19H2,1H3,(H,20,23). The molecule has 6 nitrogen and oxygen atoms in total. The minimum absolute atomic E-state index is 0.0656. The Balaban J connectivity index is 1.63. The smallest absolute Gasteiger partial charge is 0.271 e. The zero-order valence-electron chi connectivity index (χ0n) is 14.0. The third kappa shape index (κ3) is 4.23. The predicted octanol–water partition coefficient (Wildman–Crippen LogP) is 2.32. The first kappa shape index (κ1) is 18.0. The van der Waals surface area contributed by atoms with E-state index in [4.69, 9.17) is 22.1 Å². The van der Waals surface area contributed by atoms with Crippen molar-refractivity contribution in [3.05, 3.63) is 39.3 Å². The first-order valence-corrected chi connectivity index (χ1v) is 9.40. The van der Waals surface area contributed by atoms with Gasteiger partial charge in [0.1, 0.15) is 11.4 Å². The lowest BCUT2D eigenvalue weighted by atomic mass is 10.2. The van der Waals surface area contributed by atoms with Gasteiger partial charge in [-0.25, -0.2) is 4.98 Å². The second kappa shape index (κ2) is 8.03. The molecule has 1 saturated heterocycles. The van der Waals surface area contributed by atoms with E-state index in [1.807, 2.05) is 12.1 Å². The van der Waals surface area contributed by atoms with E-state index < -0.39 is 0 Å². The molecule has 1 fully saturated rings. The molecule has 1 unspecified atom stereocenters. The third-order valence-corrected chi connectivity index (χ3v) is 5.29. The summed E-state index contributed by atoms with van der Waals surface area (Å²) in [7, 11) is 1.64. The highest BCUT2D eigenvalue weighted by Gasteiger charge is 2.27. The maximum Gasteiger partial charge on any atom is 0.271 e. The van der Waals surface area contributed by atoms with Crippen molar-refractivity contribution >= 4 is 34.5 Å². The average molecular weight is 381 g/mol. The van der Waals surface area contributed by atoms with Crippen LogP contribution in [0, 0.1) is 0 Å². The Hall–Kier alpha value is -1.83. The van der Waals surface area contributed by atoms with Crippen molar-refractivity contribution in [2.24, 2.45) is 5.73 Å². The number of thiazole rings is 1. The van der Waals surface area contributed by atoms with E-state index in [1.165, 1.54) is 11.3 Å². The largest absolute Gasteiger partial charge is 0.495 e. The molecule has 0 spiro atoms. The first-order valence-electron chi connectivity index (χ1n) is 8.14. The molecule has 1 aliphatic heterocycles. The lowest BCUT2D eigenvalue weighted by Gasteiger charge is -2.21. The quantitative estimate of drug-likeness (QED) is 0.803. The Bertz CT molecular complexity index is 752. The third-order valence-electron chi connectivity index (χ3n) is 4.15.